The lowest BCUT2D eigenvalue weighted by molar-refractivity contribution is -0.129. The Bertz CT molecular complexity index is 340. The second-order valence-electron chi connectivity index (χ2n) is 7.85. The molecule has 5 heteroatoms. The Hall–Kier alpha value is -0.200. The zero-order valence-electron chi connectivity index (χ0n) is 15.7. The molecular weight excluding hydrogens is 292 g/mol. The van der Waals surface area contributed by atoms with Gasteiger partial charge in [0.25, 0.3) is 0 Å². The predicted octanol–water partition coefficient (Wildman–Crippen LogP) is 2.00. The summed E-state index contributed by atoms with van der Waals surface area (Å²) in [6.07, 6.45) is 2.99. The van der Waals surface area contributed by atoms with E-state index in [0.29, 0.717) is 18.2 Å². The van der Waals surface area contributed by atoms with Crippen LogP contribution in [0.25, 0.3) is 0 Å². The smallest absolute Gasteiger partial charge is 0.0829 e. The maximum absolute atomic E-state index is 6.09. The number of rotatable bonds is 8. The molecule has 1 saturated carbocycles. The summed E-state index contributed by atoms with van der Waals surface area (Å²) in [5.74, 6) is 0. The van der Waals surface area contributed by atoms with Crippen LogP contribution >= 0.6 is 0 Å². The molecule has 0 unspecified atom stereocenters. The number of likely N-dealkylation sites (N-methyl/N-ethyl adjacent to an activating group) is 1. The van der Waals surface area contributed by atoms with E-state index in [1.807, 2.05) is 0 Å². The number of methoxy groups -OCH3 is 1. The Balaban J connectivity index is 1.81. The molecule has 0 amide bonds. The first-order valence-corrected chi connectivity index (χ1v) is 9.16. The van der Waals surface area contributed by atoms with Crippen LogP contribution in [-0.4, -0.2) is 86.7 Å². The van der Waals surface area contributed by atoms with Crippen molar-refractivity contribution in [1.29, 1.82) is 0 Å². The molecule has 0 spiro atoms. The van der Waals surface area contributed by atoms with E-state index < -0.39 is 0 Å². The Labute approximate surface area is 142 Å². The van der Waals surface area contributed by atoms with Crippen molar-refractivity contribution < 1.29 is 14.2 Å². The highest BCUT2D eigenvalue weighted by atomic mass is 16.5. The average molecular weight is 328 g/mol. The lowest BCUT2D eigenvalue weighted by atomic mass is 9.87. The van der Waals surface area contributed by atoms with Crippen LogP contribution < -0.4 is 0 Å². The van der Waals surface area contributed by atoms with Gasteiger partial charge in [-0.25, -0.2) is 0 Å². The van der Waals surface area contributed by atoms with Crippen LogP contribution in [0.2, 0.25) is 0 Å². The highest BCUT2D eigenvalue weighted by Crippen LogP contribution is 2.31. The molecule has 23 heavy (non-hydrogen) atoms. The first-order chi connectivity index (χ1) is 10.9. The molecule has 1 heterocycles. The number of hydrogen-bond acceptors (Lipinski definition) is 5. The van der Waals surface area contributed by atoms with Crippen molar-refractivity contribution in [2.24, 2.45) is 0 Å². The van der Waals surface area contributed by atoms with Gasteiger partial charge in [-0.2, -0.15) is 0 Å². The van der Waals surface area contributed by atoms with Gasteiger partial charge in [0.2, 0.25) is 0 Å². The highest BCUT2D eigenvalue weighted by Gasteiger charge is 2.37. The fourth-order valence-corrected chi connectivity index (χ4v) is 3.50. The van der Waals surface area contributed by atoms with Gasteiger partial charge in [-0.3, -0.25) is 9.80 Å². The average Bonchev–Trinajstić information content (AvgIpc) is 2.46. The molecule has 1 aliphatic heterocycles. The van der Waals surface area contributed by atoms with Crippen molar-refractivity contribution in [3.63, 3.8) is 0 Å². The summed E-state index contributed by atoms with van der Waals surface area (Å²) in [5.41, 5.74) is -0.0406. The third kappa shape index (κ3) is 6.31. The molecule has 0 aromatic carbocycles. The fourth-order valence-electron chi connectivity index (χ4n) is 3.50. The van der Waals surface area contributed by atoms with Crippen LogP contribution in [-0.2, 0) is 14.2 Å². The summed E-state index contributed by atoms with van der Waals surface area (Å²) in [4.78, 5) is 5.03. The van der Waals surface area contributed by atoms with Crippen LogP contribution in [0.15, 0.2) is 0 Å². The van der Waals surface area contributed by atoms with E-state index in [2.05, 4.69) is 37.5 Å². The van der Waals surface area contributed by atoms with Crippen molar-refractivity contribution >= 4 is 0 Å². The third-order valence-electron chi connectivity index (χ3n) is 4.80. The summed E-state index contributed by atoms with van der Waals surface area (Å²) >= 11 is 0. The second-order valence-corrected chi connectivity index (χ2v) is 7.85. The maximum atomic E-state index is 6.09. The predicted molar refractivity (Wildman–Crippen MR) is 93.0 cm³/mol. The highest BCUT2D eigenvalue weighted by molar-refractivity contribution is 4.91. The molecule has 1 aliphatic carbocycles. The summed E-state index contributed by atoms with van der Waals surface area (Å²) < 4.78 is 17.4. The largest absolute Gasteiger partial charge is 0.383 e. The van der Waals surface area contributed by atoms with E-state index in [1.165, 1.54) is 0 Å². The molecule has 0 N–H and O–H groups in total. The molecule has 2 aliphatic rings. The Kier molecular flexibility index (Phi) is 7.29. The van der Waals surface area contributed by atoms with Crippen LogP contribution in [0, 0.1) is 0 Å². The maximum Gasteiger partial charge on any atom is 0.0829 e. The molecule has 2 rings (SSSR count). The van der Waals surface area contributed by atoms with E-state index in [-0.39, 0.29) is 5.60 Å². The minimum Gasteiger partial charge on any atom is -0.383 e. The zero-order valence-corrected chi connectivity index (χ0v) is 15.7. The molecule has 0 bridgehead atoms. The lowest BCUT2D eigenvalue weighted by Crippen LogP contribution is -2.55. The third-order valence-corrected chi connectivity index (χ3v) is 4.80. The van der Waals surface area contributed by atoms with Gasteiger partial charge >= 0.3 is 0 Å². The van der Waals surface area contributed by atoms with E-state index in [4.69, 9.17) is 14.2 Å². The molecule has 0 radical (unpaired) electrons. The van der Waals surface area contributed by atoms with E-state index >= 15 is 0 Å². The molecule has 1 saturated heterocycles. The van der Waals surface area contributed by atoms with E-state index in [1.54, 1.807) is 7.11 Å². The van der Waals surface area contributed by atoms with Crippen LogP contribution in [0.5, 0.6) is 0 Å². The van der Waals surface area contributed by atoms with Crippen molar-refractivity contribution in [1.82, 2.24) is 9.80 Å². The first kappa shape index (κ1) is 19.1. The number of morpholine rings is 1. The van der Waals surface area contributed by atoms with Gasteiger partial charge in [0, 0.05) is 39.3 Å². The van der Waals surface area contributed by atoms with Gasteiger partial charge in [0.1, 0.15) is 0 Å². The minimum absolute atomic E-state index is 0.0406. The fraction of sp³-hybridized carbons (Fsp3) is 1.00. The molecular formula is C18H36N2O3. The van der Waals surface area contributed by atoms with Crippen molar-refractivity contribution in [3.8, 4) is 0 Å². The van der Waals surface area contributed by atoms with E-state index in [0.717, 1.165) is 58.8 Å². The Morgan fingerprint density at radius 1 is 1.26 bits per heavy atom. The van der Waals surface area contributed by atoms with E-state index in [9.17, 15) is 0 Å². The van der Waals surface area contributed by atoms with Gasteiger partial charge in [0.05, 0.1) is 31.0 Å². The lowest BCUT2D eigenvalue weighted by Gasteiger charge is -2.46. The molecule has 0 aromatic rings. The quantitative estimate of drug-likeness (QED) is 0.681. The van der Waals surface area contributed by atoms with Crippen molar-refractivity contribution in [3.05, 3.63) is 0 Å². The van der Waals surface area contributed by atoms with Crippen LogP contribution in [0.4, 0.5) is 0 Å². The standard InChI is InChI=1S/C18H36N2O3/c1-6-19-7-10-22-17(13-19)14-20(8-9-21-5)15-11-16(12-15)23-18(2,3)4/h15-17H,6-14H2,1-5H3/t15?,16?,17-/m0/s1. The normalized spacial score (nSPS) is 29.7. The van der Waals surface area contributed by atoms with Crippen LogP contribution in [0.3, 0.4) is 0 Å². The number of ether oxygens (including phenoxy) is 3. The zero-order chi connectivity index (χ0) is 16.9. The summed E-state index contributed by atoms with van der Waals surface area (Å²) in [6.45, 7) is 15.5. The molecule has 5 nitrogen and oxygen atoms in total. The van der Waals surface area contributed by atoms with Crippen molar-refractivity contribution in [2.75, 3.05) is 53.0 Å². The van der Waals surface area contributed by atoms with Gasteiger partial charge in [-0.15, -0.1) is 0 Å². The molecule has 136 valence electrons. The van der Waals surface area contributed by atoms with Gasteiger partial charge in [-0.05, 0) is 40.2 Å². The van der Waals surface area contributed by atoms with Gasteiger partial charge < -0.3 is 14.2 Å². The summed E-state index contributed by atoms with van der Waals surface area (Å²) in [6, 6.07) is 0.609. The first-order valence-electron chi connectivity index (χ1n) is 9.16. The van der Waals surface area contributed by atoms with Crippen LogP contribution in [0.1, 0.15) is 40.5 Å². The topological polar surface area (TPSA) is 34.2 Å². The second kappa shape index (κ2) is 8.77. The Morgan fingerprint density at radius 3 is 2.61 bits per heavy atom. The molecule has 0 aromatic heterocycles. The number of nitrogens with zero attached hydrogens (tertiary/aromatic N) is 2. The Morgan fingerprint density at radius 2 is 2.00 bits per heavy atom. The molecule has 1 atom stereocenters. The minimum atomic E-state index is -0.0406. The summed E-state index contributed by atoms with van der Waals surface area (Å²) in [7, 11) is 1.78. The number of hydrogen-bond donors (Lipinski definition) is 0. The monoisotopic (exact) mass is 328 g/mol. The van der Waals surface area contributed by atoms with Gasteiger partial charge in [0.15, 0.2) is 0 Å². The summed E-state index contributed by atoms with van der Waals surface area (Å²) in [5, 5.41) is 0. The van der Waals surface area contributed by atoms with Crippen molar-refractivity contribution in [2.45, 2.75) is 64.4 Å². The van der Waals surface area contributed by atoms with Gasteiger partial charge in [-0.1, -0.05) is 6.92 Å². The SMILES string of the molecule is CCN1CCO[C@H](CN(CCOC)C2CC(OC(C)(C)C)C2)C1. The molecule has 2 fully saturated rings.